The molecule has 0 atom stereocenters. The summed E-state index contributed by atoms with van der Waals surface area (Å²) in [7, 11) is 0. The smallest absolute Gasteiger partial charge is 0.177 e. The van der Waals surface area contributed by atoms with Gasteiger partial charge in [0, 0.05) is 11.1 Å². The van der Waals surface area contributed by atoms with Crippen LogP contribution in [0, 0.1) is 0 Å². The summed E-state index contributed by atoms with van der Waals surface area (Å²) in [5, 5.41) is 0. The van der Waals surface area contributed by atoms with Crippen LogP contribution in [-0.2, 0) is 18.0 Å². The van der Waals surface area contributed by atoms with Gasteiger partial charge in [-0.1, -0.05) is 42.5 Å². The molecule has 0 amide bonds. The first kappa shape index (κ1) is 17.7. The van der Waals surface area contributed by atoms with Crippen LogP contribution < -0.4 is 0 Å². The number of Topliss-reactive ketones (excluding diaryl/α,β-unsaturated/α-hetero) is 2. The van der Waals surface area contributed by atoms with E-state index in [1.807, 2.05) is 24.3 Å². The number of carbonyl (C=O) groups excluding carboxylic acids is 2. The topological polar surface area (TPSA) is 43.4 Å². The number of halogens is 2. The van der Waals surface area contributed by atoms with E-state index in [0.717, 1.165) is 11.1 Å². The van der Waals surface area contributed by atoms with E-state index >= 15 is 0 Å². The third kappa shape index (κ3) is 5.17. The molecule has 0 fully saturated rings. The Morgan fingerprint density at radius 3 is 2.04 bits per heavy atom. The average Bonchev–Trinajstić information content (AvgIpc) is 2.61. The minimum Gasteiger partial charge on any atom is -0.372 e. The van der Waals surface area contributed by atoms with Crippen LogP contribution in [0.2, 0.25) is 0 Å². The summed E-state index contributed by atoms with van der Waals surface area (Å²) in [5.74, 6) is -0.252. The van der Waals surface area contributed by atoms with Crippen molar-refractivity contribution < 1.29 is 14.3 Å². The molecule has 5 heteroatoms. The minimum atomic E-state index is -0.104. The SMILES string of the molecule is O=C(CCl)c1ccc(COCc2cccc(C(=O)CCl)c2)cc1. The molecule has 0 N–H and O–H groups in total. The number of carbonyl (C=O) groups is 2. The first-order chi connectivity index (χ1) is 11.1. The fourth-order valence-electron chi connectivity index (χ4n) is 2.06. The van der Waals surface area contributed by atoms with Crippen LogP contribution in [-0.4, -0.2) is 23.3 Å². The molecule has 2 aromatic rings. The summed E-state index contributed by atoms with van der Waals surface area (Å²) < 4.78 is 5.65. The van der Waals surface area contributed by atoms with Crippen molar-refractivity contribution in [1.29, 1.82) is 0 Å². The van der Waals surface area contributed by atoms with Crippen molar-refractivity contribution in [2.45, 2.75) is 13.2 Å². The molecule has 23 heavy (non-hydrogen) atoms. The van der Waals surface area contributed by atoms with E-state index in [4.69, 9.17) is 27.9 Å². The number of hydrogen-bond acceptors (Lipinski definition) is 3. The second kappa shape index (κ2) is 8.82. The number of alkyl halides is 2. The molecule has 0 aliphatic heterocycles. The molecule has 0 radical (unpaired) electrons. The molecule has 0 bridgehead atoms. The maximum atomic E-state index is 11.6. The van der Waals surface area contributed by atoms with Gasteiger partial charge in [-0.15, -0.1) is 23.2 Å². The van der Waals surface area contributed by atoms with Crippen LogP contribution in [0.3, 0.4) is 0 Å². The first-order valence-electron chi connectivity index (χ1n) is 7.08. The summed E-state index contributed by atoms with van der Waals surface area (Å²) >= 11 is 11.1. The largest absolute Gasteiger partial charge is 0.372 e. The summed E-state index contributed by atoms with van der Waals surface area (Å²) in [6, 6.07) is 14.4. The van der Waals surface area contributed by atoms with Gasteiger partial charge in [-0.25, -0.2) is 0 Å². The number of hydrogen-bond donors (Lipinski definition) is 0. The minimum absolute atomic E-state index is 0.0206. The van der Waals surface area contributed by atoms with Crippen molar-refractivity contribution in [3.05, 3.63) is 70.8 Å². The van der Waals surface area contributed by atoms with Crippen LogP contribution in [0.25, 0.3) is 0 Å². The highest BCUT2D eigenvalue weighted by Crippen LogP contribution is 2.11. The van der Waals surface area contributed by atoms with Crippen molar-refractivity contribution in [2.75, 3.05) is 11.8 Å². The van der Waals surface area contributed by atoms with E-state index in [0.29, 0.717) is 24.3 Å². The van der Waals surface area contributed by atoms with Gasteiger partial charge in [0.25, 0.3) is 0 Å². The number of rotatable bonds is 8. The van der Waals surface area contributed by atoms with Gasteiger partial charge in [0.05, 0.1) is 25.0 Å². The summed E-state index contributed by atoms with van der Waals surface area (Å²) in [5.41, 5.74) is 3.06. The Labute approximate surface area is 145 Å². The highest BCUT2D eigenvalue weighted by atomic mass is 35.5. The van der Waals surface area contributed by atoms with Gasteiger partial charge in [-0.2, -0.15) is 0 Å². The number of benzene rings is 2. The van der Waals surface area contributed by atoms with Crippen molar-refractivity contribution in [1.82, 2.24) is 0 Å². The van der Waals surface area contributed by atoms with Crippen molar-refractivity contribution in [3.63, 3.8) is 0 Å². The first-order valence-corrected chi connectivity index (χ1v) is 8.15. The molecule has 3 nitrogen and oxygen atoms in total. The lowest BCUT2D eigenvalue weighted by atomic mass is 10.1. The van der Waals surface area contributed by atoms with Gasteiger partial charge in [-0.3, -0.25) is 9.59 Å². The van der Waals surface area contributed by atoms with E-state index in [9.17, 15) is 9.59 Å². The molecule has 120 valence electrons. The average molecular weight is 351 g/mol. The van der Waals surface area contributed by atoms with Crippen LogP contribution >= 0.6 is 23.2 Å². The summed E-state index contributed by atoms with van der Waals surface area (Å²) in [4.78, 5) is 23.0. The van der Waals surface area contributed by atoms with Crippen molar-refractivity contribution in [3.8, 4) is 0 Å². The van der Waals surface area contributed by atoms with Gasteiger partial charge in [0.2, 0.25) is 0 Å². The predicted molar refractivity (Wildman–Crippen MR) is 91.5 cm³/mol. The zero-order valence-corrected chi connectivity index (χ0v) is 13.9. The van der Waals surface area contributed by atoms with Crippen LogP contribution in [0.4, 0.5) is 0 Å². The van der Waals surface area contributed by atoms with E-state index in [1.165, 1.54) is 0 Å². The Kier molecular flexibility index (Phi) is 6.78. The molecular weight excluding hydrogens is 335 g/mol. The van der Waals surface area contributed by atoms with Gasteiger partial charge >= 0.3 is 0 Å². The zero-order valence-electron chi connectivity index (χ0n) is 12.4. The fourth-order valence-corrected chi connectivity index (χ4v) is 2.37. The fraction of sp³-hybridized carbons (Fsp3) is 0.222. The molecule has 0 heterocycles. The number of ether oxygens (including phenoxy) is 1. The molecule has 0 aromatic heterocycles. The number of ketones is 2. The summed E-state index contributed by atoms with van der Waals surface area (Å²) in [6.07, 6.45) is 0. The molecule has 2 rings (SSSR count). The Morgan fingerprint density at radius 1 is 0.783 bits per heavy atom. The van der Waals surface area contributed by atoms with E-state index in [2.05, 4.69) is 0 Å². The van der Waals surface area contributed by atoms with E-state index in [1.54, 1.807) is 24.3 Å². The zero-order chi connectivity index (χ0) is 16.7. The lowest BCUT2D eigenvalue weighted by Gasteiger charge is -2.07. The van der Waals surface area contributed by atoms with Crippen molar-refractivity contribution in [2.24, 2.45) is 0 Å². The predicted octanol–water partition coefficient (Wildman–Crippen LogP) is 4.25. The maximum absolute atomic E-state index is 11.6. The monoisotopic (exact) mass is 350 g/mol. The van der Waals surface area contributed by atoms with Gasteiger partial charge in [0.1, 0.15) is 0 Å². The van der Waals surface area contributed by atoms with Crippen LogP contribution in [0.15, 0.2) is 48.5 Å². The van der Waals surface area contributed by atoms with Crippen LogP contribution in [0.1, 0.15) is 31.8 Å². The quantitative estimate of drug-likeness (QED) is 0.528. The standard InChI is InChI=1S/C18H16Cl2O3/c19-9-17(21)15-6-4-13(5-7-15)11-23-12-14-2-1-3-16(8-14)18(22)10-20/h1-8H,9-12H2. The maximum Gasteiger partial charge on any atom is 0.177 e. The molecule has 0 saturated heterocycles. The Bertz CT molecular complexity index is 681. The Morgan fingerprint density at radius 2 is 1.39 bits per heavy atom. The highest BCUT2D eigenvalue weighted by molar-refractivity contribution is 6.30. The summed E-state index contributed by atoms with van der Waals surface area (Å²) in [6.45, 7) is 0.814. The van der Waals surface area contributed by atoms with Crippen molar-refractivity contribution >= 4 is 34.8 Å². The van der Waals surface area contributed by atoms with E-state index in [-0.39, 0.29) is 23.3 Å². The second-order valence-electron chi connectivity index (χ2n) is 5.00. The third-order valence-electron chi connectivity index (χ3n) is 3.31. The Balaban J connectivity index is 1.90. The van der Waals surface area contributed by atoms with E-state index < -0.39 is 0 Å². The van der Waals surface area contributed by atoms with Crippen LogP contribution in [0.5, 0.6) is 0 Å². The molecular formula is C18H16Cl2O3. The van der Waals surface area contributed by atoms with Gasteiger partial charge in [-0.05, 0) is 17.2 Å². The molecule has 0 aliphatic rings. The molecule has 2 aromatic carbocycles. The normalized spacial score (nSPS) is 10.5. The second-order valence-corrected chi connectivity index (χ2v) is 5.54. The molecule has 0 unspecified atom stereocenters. The lowest BCUT2D eigenvalue weighted by molar-refractivity contribution is 0.100. The molecule has 0 spiro atoms. The van der Waals surface area contributed by atoms with Gasteiger partial charge in [0.15, 0.2) is 11.6 Å². The highest BCUT2D eigenvalue weighted by Gasteiger charge is 2.06. The van der Waals surface area contributed by atoms with Gasteiger partial charge < -0.3 is 4.74 Å². The molecule has 0 aliphatic carbocycles. The third-order valence-corrected chi connectivity index (χ3v) is 3.79. The Hall–Kier alpha value is -1.68. The molecule has 0 saturated carbocycles. The lowest BCUT2D eigenvalue weighted by Crippen LogP contribution is -2.02.